The molecule has 1 aromatic rings. The Hall–Kier alpha value is -2.08. The summed E-state index contributed by atoms with van der Waals surface area (Å²) in [6.07, 6.45) is 3.67. The van der Waals surface area contributed by atoms with Crippen molar-refractivity contribution in [1.82, 2.24) is 15.5 Å². The molecule has 144 valence electrons. The second-order valence-corrected chi connectivity index (χ2v) is 6.97. The number of methoxy groups -OCH3 is 1. The third kappa shape index (κ3) is 6.02. The molecule has 6 heteroatoms. The Bertz CT molecular complexity index is 598. The van der Waals surface area contributed by atoms with Gasteiger partial charge in [-0.2, -0.15) is 0 Å². The van der Waals surface area contributed by atoms with E-state index in [1.165, 1.54) is 6.92 Å². The van der Waals surface area contributed by atoms with Crippen LogP contribution in [0, 0.1) is 5.92 Å². The molecule has 2 N–H and O–H groups in total. The highest BCUT2D eigenvalue weighted by molar-refractivity contribution is 5.87. The summed E-state index contributed by atoms with van der Waals surface area (Å²) in [4.78, 5) is 26.5. The predicted molar refractivity (Wildman–Crippen MR) is 102 cm³/mol. The molecule has 6 nitrogen and oxygen atoms in total. The Balaban J connectivity index is 1.99. The Labute approximate surface area is 156 Å². The van der Waals surface area contributed by atoms with Gasteiger partial charge in [0.2, 0.25) is 11.8 Å². The summed E-state index contributed by atoms with van der Waals surface area (Å²) >= 11 is 0. The summed E-state index contributed by atoms with van der Waals surface area (Å²) in [7, 11) is 3.59. The molecule has 0 aromatic heterocycles. The maximum Gasteiger partial charge on any atom is 0.245 e. The lowest BCUT2D eigenvalue weighted by Gasteiger charge is -2.34. The van der Waals surface area contributed by atoms with E-state index in [2.05, 4.69) is 10.6 Å². The maximum atomic E-state index is 13.0. The van der Waals surface area contributed by atoms with Crippen molar-refractivity contribution in [3.05, 3.63) is 29.8 Å². The molecule has 2 rings (SSSR count). The van der Waals surface area contributed by atoms with Gasteiger partial charge in [0.25, 0.3) is 0 Å². The zero-order valence-electron chi connectivity index (χ0n) is 16.1. The molecular formula is C20H31N3O3. The number of rotatable bonds is 8. The molecule has 1 aliphatic heterocycles. The third-order valence-electron chi connectivity index (χ3n) is 4.98. The van der Waals surface area contributed by atoms with Gasteiger partial charge < -0.3 is 20.3 Å². The van der Waals surface area contributed by atoms with Crippen LogP contribution in [0.1, 0.15) is 31.7 Å². The highest BCUT2D eigenvalue weighted by atomic mass is 16.5. The van der Waals surface area contributed by atoms with Gasteiger partial charge in [-0.1, -0.05) is 12.1 Å². The number of benzene rings is 1. The minimum absolute atomic E-state index is 0.00934. The van der Waals surface area contributed by atoms with Crippen molar-refractivity contribution in [2.45, 2.75) is 38.6 Å². The molecule has 1 saturated heterocycles. The smallest absolute Gasteiger partial charge is 0.245 e. The van der Waals surface area contributed by atoms with Crippen molar-refractivity contribution in [2.75, 3.05) is 33.8 Å². The standard InChI is InChI=1S/C20H31N3O3/c1-15(24)22-19(14-17-5-4-6-18(13-17)26-3)20(25)23-11-8-16(9-12-23)7-10-21-2/h4-6,13,16,19,21H,7-12,14H2,1-3H3,(H,22,24). The molecule has 0 saturated carbocycles. The number of carbonyl (C=O) groups is 2. The van der Waals surface area contributed by atoms with Crippen LogP contribution in [0.4, 0.5) is 0 Å². The first-order chi connectivity index (χ1) is 12.5. The lowest BCUT2D eigenvalue weighted by Crippen LogP contribution is -2.51. The minimum Gasteiger partial charge on any atom is -0.497 e. The van der Waals surface area contributed by atoms with Crippen LogP contribution in [0.15, 0.2) is 24.3 Å². The summed E-state index contributed by atoms with van der Waals surface area (Å²) < 4.78 is 5.25. The second kappa shape index (κ2) is 10.2. The fraction of sp³-hybridized carbons (Fsp3) is 0.600. The van der Waals surface area contributed by atoms with Gasteiger partial charge in [0.1, 0.15) is 11.8 Å². The van der Waals surface area contributed by atoms with E-state index in [1.54, 1.807) is 7.11 Å². The normalized spacial score (nSPS) is 16.2. The first-order valence-corrected chi connectivity index (χ1v) is 9.37. The van der Waals surface area contributed by atoms with Gasteiger partial charge in [0.05, 0.1) is 7.11 Å². The molecule has 0 spiro atoms. The van der Waals surface area contributed by atoms with E-state index < -0.39 is 6.04 Å². The van der Waals surface area contributed by atoms with Crippen LogP contribution in [-0.4, -0.2) is 56.5 Å². The number of carbonyl (C=O) groups excluding carboxylic acids is 2. The van der Waals surface area contributed by atoms with Crippen molar-refractivity contribution >= 4 is 11.8 Å². The average molecular weight is 361 g/mol. The van der Waals surface area contributed by atoms with Gasteiger partial charge >= 0.3 is 0 Å². The number of nitrogens with zero attached hydrogens (tertiary/aromatic N) is 1. The fourth-order valence-electron chi connectivity index (χ4n) is 3.49. The number of ether oxygens (including phenoxy) is 1. The quantitative estimate of drug-likeness (QED) is 0.738. The second-order valence-electron chi connectivity index (χ2n) is 6.97. The number of nitrogens with one attached hydrogen (secondary N) is 2. The number of amides is 2. The van der Waals surface area contributed by atoms with Crippen molar-refractivity contribution in [3.8, 4) is 5.75 Å². The van der Waals surface area contributed by atoms with E-state index in [-0.39, 0.29) is 11.8 Å². The lowest BCUT2D eigenvalue weighted by molar-refractivity contribution is -0.137. The highest BCUT2D eigenvalue weighted by Crippen LogP contribution is 2.21. The van der Waals surface area contributed by atoms with Crippen LogP contribution < -0.4 is 15.4 Å². The summed E-state index contributed by atoms with van der Waals surface area (Å²) in [5.41, 5.74) is 0.973. The first-order valence-electron chi connectivity index (χ1n) is 9.37. The van der Waals surface area contributed by atoms with E-state index in [0.717, 1.165) is 50.2 Å². The van der Waals surface area contributed by atoms with Gasteiger partial charge in [-0.15, -0.1) is 0 Å². The number of likely N-dealkylation sites (tertiary alicyclic amines) is 1. The van der Waals surface area contributed by atoms with Gasteiger partial charge in [0.15, 0.2) is 0 Å². The number of hydrogen-bond acceptors (Lipinski definition) is 4. The molecule has 0 radical (unpaired) electrons. The van der Waals surface area contributed by atoms with E-state index in [4.69, 9.17) is 4.74 Å². The van der Waals surface area contributed by atoms with Gasteiger partial charge in [0, 0.05) is 26.4 Å². The summed E-state index contributed by atoms with van der Waals surface area (Å²) in [5, 5.41) is 6.01. The van der Waals surface area contributed by atoms with E-state index in [9.17, 15) is 9.59 Å². The van der Waals surface area contributed by atoms with Crippen LogP contribution >= 0.6 is 0 Å². The molecular weight excluding hydrogens is 330 g/mol. The Kier molecular flexibility index (Phi) is 7.91. The molecule has 2 amide bonds. The zero-order chi connectivity index (χ0) is 18.9. The van der Waals surface area contributed by atoms with Crippen molar-refractivity contribution in [2.24, 2.45) is 5.92 Å². The first kappa shape index (κ1) is 20.2. The van der Waals surface area contributed by atoms with Crippen molar-refractivity contribution in [1.29, 1.82) is 0 Å². The Morgan fingerprint density at radius 3 is 2.65 bits per heavy atom. The Morgan fingerprint density at radius 2 is 2.04 bits per heavy atom. The van der Waals surface area contributed by atoms with Crippen molar-refractivity contribution in [3.63, 3.8) is 0 Å². The number of hydrogen-bond donors (Lipinski definition) is 2. The van der Waals surface area contributed by atoms with Gasteiger partial charge in [-0.05, 0) is 56.5 Å². The summed E-state index contributed by atoms with van der Waals surface area (Å²) in [5.74, 6) is 1.25. The molecule has 0 bridgehead atoms. The predicted octanol–water partition coefficient (Wildman–Crippen LogP) is 1.59. The number of piperidine rings is 1. The molecule has 1 aliphatic rings. The monoisotopic (exact) mass is 361 g/mol. The molecule has 1 heterocycles. The molecule has 26 heavy (non-hydrogen) atoms. The van der Waals surface area contributed by atoms with Gasteiger partial charge in [-0.3, -0.25) is 9.59 Å². The van der Waals surface area contributed by atoms with E-state index >= 15 is 0 Å². The topological polar surface area (TPSA) is 70.7 Å². The zero-order valence-corrected chi connectivity index (χ0v) is 16.1. The van der Waals surface area contributed by atoms with Crippen LogP contribution in [0.2, 0.25) is 0 Å². The highest BCUT2D eigenvalue weighted by Gasteiger charge is 2.28. The molecule has 0 aliphatic carbocycles. The van der Waals surface area contributed by atoms with Crippen LogP contribution in [0.25, 0.3) is 0 Å². The third-order valence-corrected chi connectivity index (χ3v) is 4.98. The largest absolute Gasteiger partial charge is 0.497 e. The lowest BCUT2D eigenvalue weighted by atomic mass is 9.93. The van der Waals surface area contributed by atoms with Crippen LogP contribution in [0.3, 0.4) is 0 Å². The summed E-state index contributed by atoms with van der Waals surface area (Å²) in [6.45, 7) is 4.00. The molecule has 1 unspecified atom stereocenters. The molecule has 1 fully saturated rings. The fourth-order valence-corrected chi connectivity index (χ4v) is 3.49. The van der Waals surface area contributed by atoms with E-state index in [1.807, 2.05) is 36.2 Å². The van der Waals surface area contributed by atoms with E-state index in [0.29, 0.717) is 12.3 Å². The molecule has 1 aromatic carbocycles. The summed E-state index contributed by atoms with van der Waals surface area (Å²) in [6, 6.07) is 7.10. The maximum absolute atomic E-state index is 13.0. The minimum atomic E-state index is -0.534. The molecule has 1 atom stereocenters. The van der Waals surface area contributed by atoms with Crippen LogP contribution in [0.5, 0.6) is 5.75 Å². The average Bonchev–Trinajstić information content (AvgIpc) is 2.65. The SMILES string of the molecule is CNCCC1CCN(C(=O)C(Cc2cccc(OC)c2)NC(C)=O)CC1. The Morgan fingerprint density at radius 1 is 1.31 bits per heavy atom. The van der Waals surface area contributed by atoms with Crippen molar-refractivity contribution < 1.29 is 14.3 Å². The van der Waals surface area contributed by atoms with Crippen LogP contribution in [-0.2, 0) is 16.0 Å². The van der Waals surface area contributed by atoms with Gasteiger partial charge in [-0.25, -0.2) is 0 Å².